The molecule has 0 unspecified atom stereocenters. The van der Waals surface area contributed by atoms with Crippen molar-refractivity contribution in [3.63, 3.8) is 0 Å². The van der Waals surface area contributed by atoms with Crippen molar-refractivity contribution >= 4 is 17.7 Å². The smallest absolute Gasteiger partial charge is 0.246 e. The molecule has 7 heteroatoms. The molecule has 5 rings (SSSR count). The highest BCUT2D eigenvalue weighted by Crippen LogP contribution is 2.23. The van der Waals surface area contributed by atoms with E-state index < -0.39 is 0 Å². The number of benzene rings is 2. The Kier molecular flexibility index (Phi) is 7.72. The Morgan fingerprint density at radius 1 is 1.00 bits per heavy atom. The second-order valence-corrected chi connectivity index (χ2v) is 9.15. The molecule has 0 saturated carbocycles. The number of ether oxygens (including phenoxy) is 1. The Morgan fingerprint density at radius 2 is 1.78 bits per heavy atom. The molecule has 0 atom stereocenters. The molecule has 1 aliphatic rings. The van der Waals surface area contributed by atoms with E-state index in [1.54, 1.807) is 23.4 Å². The first-order valence-corrected chi connectivity index (χ1v) is 12.5. The molecule has 1 amide bonds. The van der Waals surface area contributed by atoms with E-state index in [2.05, 4.69) is 46.3 Å². The minimum Gasteiger partial charge on any atom is -0.378 e. The van der Waals surface area contributed by atoms with Crippen LogP contribution < -0.4 is 4.90 Å². The van der Waals surface area contributed by atoms with Crippen molar-refractivity contribution in [2.24, 2.45) is 0 Å². The molecule has 0 radical (unpaired) electrons. The van der Waals surface area contributed by atoms with E-state index in [-0.39, 0.29) is 5.91 Å². The van der Waals surface area contributed by atoms with Crippen molar-refractivity contribution in [2.75, 3.05) is 38.3 Å². The summed E-state index contributed by atoms with van der Waals surface area (Å²) in [7, 11) is 1.82. The van der Waals surface area contributed by atoms with Gasteiger partial charge in [-0.25, -0.2) is 0 Å². The Balaban J connectivity index is 1.28. The highest BCUT2D eigenvalue weighted by Gasteiger charge is 2.13. The minimum atomic E-state index is -0.0646. The second kappa shape index (κ2) is 11.7. The lowest BCUT2D eigenvalue weighted by molar-refractivity contribution is -0.125. The number of carbonyl (C=O) groups excluding carboxylic acids is 1. The number of pyridine rings is 1. The summed E-state index contributed by atoms with van der Waals surface area (Å²) in [6.45, 7) is 4.53. The van der Waals surface area contributed by atoms with Crippen LogP contribution in [-0.2, 0) is 22.6 Å². The second-order valence-electron chi connectivity index (χ2n) is 9.15. The molecule has 0 aliphatic carbocycles. The maximum Gasteiger partial charge on any atom is 0.246 e. The van der Waals surface area contributed by atoms with Crippen LogP contribution in [0, 0.1) is 0 Å². The highest BCUT2D eigenvalue weighted by atomic mass is 16.5. The van der Waals surface area contributed by atoms with Gasteiger partial charge in [-0.3, -0.25) is 14.5 Å². The van der Waals surface area contributed by atoms with Gasteiger partial charge in [-0.2, -0.15) is 5.10 Å². The molecular formula is C30H31N5O2. The van der Waals surface area contributed by atoms with Crippen molar-refractivity contribution in [3.05, 3.63) is 108 Å². The summed E-state index contributed by atoms with van der Waals surface area (Å²) in [5.74, 6) is -0.0646. The molecule has 2 aromatic carbocycles. The summed E-state index contributed by atoms with van der Waals surface area (Å²) in [5.41, 5.74) is 6.03. The maximum atomic E-state index is 13.0. The van der Waals surface area contributed by atoms with Gasteiger partial charge in [0.1, 0.15) is 5.69 Å². The molecule has 7 nitrogen and oxygen atoms in total. The number of amides is 1. The Morgan fingerprint density at radius 3 is 2.51 bits per heavy atom. The number of hydrogen-bond donors (Lipinski definition) is 0. The number of morpholine rings is 1. The quantitative estimate of drug-likeness (QED) is 0.338. The zero-order valence-electron chi connectivity index (χ0n) is 21.0. The molecule has 1 saturated heterocycles. The van der Waals surface area contributed by atoms with Crippen LogP contribution in [-0.4, -0.2) is 58.9 Å². The zero-order chi connectivity index (χ0) is 25.5. The minimum absolute atomic E-state index is 0.0646. The van der Waals surface area contributed by atoms with Crippen LogP contribution in [0.5, 0.6) is 0 Å². The van der Waals surface area contributed by atoms with Crippen LogP contribution in [0.4, 0.5) is 5.69 Å². The maximum absolute atomic E-state index is 13.0. The lowest BCUT2D eigenvalue weighted by Gasteiger charge is -2.29. The Labute approximate surface area is 217 Å². The number of carbonyl (C=O) groups is 1. The number of nitrogens with zero attached hydrogens (tertiary/aromatic N) is 5. The fourth-order valence-electron chi connectivity index (χ4n) is 4.41. The molecule has 4 aromatic rings. The van der Waals surface area contributed by atoms with E-state index in [1.807, 2.05) is 54.3 Å². The standard InChI is InChI=1S/C30H31N5O2/c1-33(21-25-9-12-28(13-10-25)34-16-18-37-19-17-34)29(36)14-11-27-23-35(22-24-6-3-2-4-7-24)32-30(27)26-8-5-15-31-20-26/h2-15,20,23H,16-19,21-22H2,1H3/b14-11+. The Bertz CT molecular complexity index is 1330. The van der Waals surface area contributed by atoms with Crippen molar-refractivity contribution in [1.82, 2.24) is 19.7 Å². The van der Waals surface area contributed by atoms with Crippen molar-refractivity contribution in [2.45, 2.75) is 13.1 Å². The molecule has 0 N–H and O–H groups in total. The van der Waals surface area contributed by atoms with Gasteiger partial charge >= 0.3 is 0 Å². The summed E-state index contributed by atoms with van der Waals surface area (Å²) in [4.78, 5) is 21.2. The van der Waals surface area contributed by atoms with Gasteiger partial charge in [0.15, 0.2) is 0 Å². The predicted octanol–water partition coefficient (Wildman–Crippen LogP) is 4.50. The predicted molar refractivity (Wildman–Crippen MR) is 146 cm³/mol. The van der Waals surface area contributed by atoms with E-state index in [0.717, 1.165) is 54.3 Å². The van der Waals surface area contributed by atoms with E-state index >= 15 is 0 Å². The van der Waals surface area contributed by atoms with E-state index in [4.69, 9.17) is 9.84 Å². The summed E-state index contributed by atoms with van der Waals surface area (Å²) in [6.07, 6.45) is 8.97. The van der Waals surface area contributed by atoms with Crippen molar-refractivity contribution in [3.8, 4) is 11.3 Å². The van der Waals surface area contributed by atoms with Crippen LogP contribution in [0.25, 0.3) is 17.3 Å². The third kappa shape index (κ3) is 6.32. The monoisotopic (exact) mass is 493 g/mol. The molecule has 1 aliphatic heterocycles. The lowest BCUT2D eigenvalue weighted by Crippen LogP contribution is -2.36. The summed E-state index contributed by atoms with van der Waals surface area (Å²) >= 11 is 0. The largest absolute Gasteiger partial charge is 0.378 e. The molecule has 3 heterocycles. The van der Waals surface area contributed by atoms with Gasteiger partial charge in [-0.1, -0.05) is 42.5 Å². The van der Waals surface area contributed by atoms with Crippen molar-refractivity contribution < 1.29 is 9.53 Å². The third-order valence-corrected chi connectivity index (χ3v) is 6.43. The zero-order valence-corrected chi connectivity index (χ0v) is 21.0. The summed E-state index contributed by atoms with van der Waals surface area (Å²) in [5, 5.41) is 4.80. The van der Waals surface area contributed by atoms with Gasteiger partial charge in [0.2, 0.25) is 5.91 Å². The molecular weight excluding hydrogens is 462 g/mol. The molecule has 1 fully saturated rings. The van der Waals surface area contributed by atoms with E-state index in [9.17, 15) is 4.79 Å². The highest BCUT2D eigenvalue weighted by molar-refractivity contribution is 5.92. The van der Waals surface area contributed by atoms with Crippen LogP contribution in [0.1, 0.15) is 16.7 Å². The average Bonchev–Trinajstić information content (AvgIpc) is 3.36. The lowest BCUT2D eigenvalue weighted by atomic mass is 10.1. The van der Waals surface area contributed by atoms with Crippen LogP contribution >= 0.6 is 0 Å². The van der Waals surface area contributed by atoms with Crippen molar-refractivity contribution in [1.29, 1.82) is 0 Å². The number of likely N-dealkylation sites (N-methyl/N-ethyl adjacent to an activating group) is 1. The number of aromatic nitrogens is 3. The number of anilines is 1. The molecule has 0 spiro atoms. The summed E-state index contributed by atoms with van der Waals surface area (Å²) in [6, 6.07) is 22.5. The van der Waals surface area contributed by atoms with Gasteiger partial charge in [0.05, 0.1) is 19.8 Å². The molecule has 37 heavy (non-hydrogen) atoms. The number of hydrogen-bond acceptors (Lipinski definition) is 5. The molecule has 188 valence electrons. The third-order valence-electron chi connectivity index (χ3n) is 6.43. The first-order chi connectivity index (χ1) is 18.2. The normalized spacial score (nSPS) is 13.7. The molecule has 2 aromatic heterocycles. The van der Waals surface area contributed by atoms with Crippen LogP contribution in [0.15, 0.2) is 91.4 Å². The van der Waals surface area contributed by atoms with Gasteiger partial charge in [0.25, 0.3) is 0 Å². The van der Waals surface area contributed by atoms with Crippen LogP contribution in [0.3, 0.4) is 0 Å². The van der Waals surface area contributed by atoms with Gasteiger partial charge < -0.3 is 14.5 Å². The first kappa shape index (κ1) is 24.5. The fraction of sp³-hybridized carbons (Fsp3) is 0.233. The average molecular weight is 494 g/mol. The summed E-state index contributed by atoms with van der Waals surface area (Å²) < 4.78 is 7.34. The van der Waals surface area contributed by atoms with Gasteiger partial charge in [0, 0.05) is 68.2 Å². The van der Waals surface area contributed by atoms with E-state index in [1.165, 1.54) is 5.69 Å². The molecule has 0 bridgehead atoms. The van der Waals surface area contributed by atoms with Gasteiger partial charge in [-0.15, -0.1) is 0 Å². The topological polar surface area (TPSA) is 63.5 Å². The number of rotatable bonds is 8. The Hall–Kier alpha value is -4.23. The van der Waals surface area contributed by atoms with Gasteiger partial charge in [-0.05, 0) is 41.5 Å². The SMILES string of the molecule is CN(Cc1ccc(N2CCOCC2)cc1)C(=O)/C=C/c1cn(Cc2ccccc2)nc1-c1cccnc1. The fourth-order valence-corrected chi connectivity index (χ4v) is 4.41. The van der Waals surface area contributed by atoms with E-state index in [0.29, 0.717) is 13.1 Å². The first-order valence-electron chi connectivity index (χ1n) is 12.5. The van der Waals surface area contributed by atoms with Crippen LogP contribution in [0.2, 0.25) is 0 Å².